The quantitative estimate of drug-likeness (QED) is 0.835. The van der Waals surface area contributed by atoms with Gasteiger partial charge in [0, 0.05) is 13.1 Å². The Bertz CT molecular complexity index is 517. The van der Waals surface area contributed by atoms with Gasteiger partial charge in [0.05, 0.1) is 5.25 Å². The van der Waals surface area contributed by atoms with Gasteiger partial charge in [-0.2, -0.15) is 0 Å². The van der Waals surface area contributed by atoms with Crippen molar-refractivity contribution in [2.24, 2.45) is 5.73 Å². The molecule has 0 aliphatic heterocycles. The monoisotopic (exact) mass is 288 g/mol. The van der Waals surface area contributed by atoms with E-state index in [1.54, 1.807) is 32.9 Å². The summed E-state index contributed by atoms with van der Waals surface area (Å²) in [6.07, 6.45) is 0.466. The fourth-order valence-corrected chi connectivity index (χ4v) is 3.25. The Kier molecular flexibility index (Phi) is 5.46. The summed E-state index contributed by atoms with van der Waals surface area (Å²) in [5.74, 6) is -0.250. The second kappa shape index (κ2) is 6.45. The highest BCUT2D eigenvalue weighted by Crippen LogP contribution is 2.15. The van der Waals surface area contributed by atoms with Gasteiger partial charge >= 0.3 is 0 Å². The molecule has 0 amide bonds. The Morgan fingerprint density at radius 2 is 1.84 bits per heavy atom. The van der Waals surface area contributed by atoms with Crippen LogP contribution in [0.2, 0.25) is 0 Å². The summed E-state index contributed by atoms with van der Waals surface area (Å²) in [4.78, 5) is 0. The molecule has 1 atom stereocenters. The number of aryl methyl sites for hydroxylation is 2. The van der Waals surface area contributed by atoms with Crippen molar-refractivity contribution < 1.29 is 12.8 Å². The van der Waals surface area contributed by atoms with Crippen LogP contribution in [0.15, 0.2) is 12.1 Å². The lowest BCUT2D eigenvalue weighted by Crippen LogP contribution is -2.38. The summed E-state index contributed by atoms with van der Waals surface area (Å²) >= 11 is 0. The predicted molar refractivity (Wildman–Crippen MR) is 74.8 cm³/mol. The van der Waals surface area contributed by atoms with E-state index < -0.39 is 15.3 Å². The maximum absolute atomic E-state index is 13.5. The Labute approximate surface area is 114 Å². The number of nitrogens with one attached hydrogen (secondary N) is 1. The lowest BCUT2D eigenvalue weighted by atomic mass is 10.1. The van der Waals surface area contributed by atoms with E-state index in [4.69, 9.17) is 5.73 Å². The van der Waals surface area contributed by atoms with Crippen LogP contribution in [0.25, 0.3) is 0 Å². The third kappa shape index (κ3) is 3.99. The Morgan fingerprint density at radius 3 is 2.26 bits per heavy atom. The molecule has 0 saturated heterocycles. The molecule has 1 unspecified atom stereocenters. The molecule has 0 saturated carbocycles. The van der Waals surface area contributed by atoms with E-state index in [1.807, 2.05) is 0 Å². The van der Waals surface area contributed by atoms with Gasteiger partial charge in [-0.3, -0.25) is 0 Å². The van der Waals surface area contributed by atoms with Gasteiger partial charge < -0.3 is 5.73 Å². The van der Waals surface area contributed by atoms with Gasteiger partial charge in [-0.05, 0) is 37.0 Å². The average molecular weight is 288 g/mol. The summed E-state index contributed by atoms with van der Waals surface area (Å²) in [5.41, 5.74) is 7.21. The zero-order chi connectivity index (χ0) is 14.6. The van der Waals surface area contributed by atoms with E-state index in [9.17, 15) is 12.8 Å². The SMILES string of the molecule is CCC(CN)S(=O)(=O)NCc1cc(C)c(F)c(C)c1. The zero-order valence-electron chi connectivity index (χ0n) is 11.5. The lowest BCUT2D eigenvalue weighted by Gasteiger charge is -2.15. The fraction of sp³-hybridized carbons (Fsp3) is 0.538. The van der Waals surface area contributed by atoms with Crippen LogP contribution >= 0.6 is 0 Å². The molecule has 1 aromatic rings. The number of rotatable bonds is 6. The number of benzene rings is 1. The minimum atomic E-state index is -3.43. The van der Waals surface area contributed by atoms with Crippen LogP contribution in [-0.2, 0) is 16.6 Å². The number of nitrogens with two attached hydrogens (primary N) is 1. The fourth-order valence-electron chi connectivity index (χ4n) is 1.95. The molecule has 0 bridgehead atoms. The molecule has 1 rings (SSSR count). The van der Waals surface area contributed by atoms with E-state index in [0.717, 1.165) is 5.56 Å². The van der Waals surface area contributed by atoms with Gasteiger partial charge in [-0.25, -0.2) is 17.5 Å². The number of hydrogen-bond acceptors (Lipinski definition) is 3. The molecule has 108 valence electrons. The maximum Gasteiger partial charge on any atom is 0.216 e. The van der Waals surface area contributed by atoms with Crippen molar-refractivity contribution in [3.05, 3.63) is 34.6 Å². The number of sulfonamides is 1. The molecule has 19 heavy (non-hydrogen) atoms. The van der Waals surface area contributed by atoms with Gasteiger partial charge in [0.15, 0.2) is 0 Å². The molecule has 1 aromatic carbocycles. The van der Waals surface area contributed by atoms with E-state index in [1.165, 1.54) is 0 Å². The summed E-state index contributed by atoms with van der Waals surface area (Å²) in [5, 5.41) is -0.588. The molecule has 0 heterocycles. The molecule has 0 aliphatic carbocycles. The van der Waals surface area contributed by atoms with Gasteiger partial charge in [-0.15, -0.1) is 0 Å². The highest BCUT2D eigenvalue weighted by molar-refractivity contribution is 7.90. The van der Waals surface area contributed by atoms with Crippen LogP contribution < -0.4 is 10.5 Å². The predicted octanol–water partition coefficient (Wildman–Crippen LogP) is 1.60. The third-order valence-electron chi connectivity index (χ3n) is 3.13. The molecule has 0 fully saturated rings. The molecule has 3 N–H and O–H groups in total. The van der Waals surface area contributed by atoms with Gasteiger partial charge in [-0.1, -0.05) is 19.1 Å². The first kappa shape index (κ1) is 16.1. The Morgan fingerprint density at radius 1 is 1.32 bits per heavy atom. The average Bonchev–Trinajstić information content (AvgIpc) is 2.34. The summed E-state index contributed by atoms with van der Waals surface area (Å²) in [7, 11) is -3.43. The summed E-state index contributed by atoms with van der Waals surface area (Å²) in [6, 6.07) is 3.29. The maximum atomic E-state index is 13.5. The smallest absolute Gasteiger partial charge is 0.216 e. The van der Waals surface area contributed by atoms with Crippen LogP contribution in [0.3, 0.4) is 0 Å². The molecule has 0 spiro atoms. The molecular weight excluding hydrogens is 267 g/mol. The topological polar surface area (TPSA) is 72.2 Å². The zero-order valence-corrected chi connectivity index (χ0v) is 12.3. The van der Waals surface area contributed by atoms with Gasteiger partial charge in [0.1, 0.15) is 5.82 Å². The minimum absolute atomic E-state index is 0.0906. The second-order valence-electron chi connectivity index (χ2n) is 4.68. The highest BCUT2D eigenvalue weighted by Gasteiger charge is 2.21. The summed E-state index contributed by atoms with van der Waals surface area (Å²) in [6.45, 7) is 5.35. The minimum Gasteiger partial charge on any atom is -0.329 e. The van der Waals surface area contributed by atoms with Crippen LogP contribution in [0.4, 0.5) is 4.39 Å². The van der Waals surface area contributed by atoms with Gasteiger partial charge in [0.2, 0.25) is 10.0 Å². The first-order valence-electron chi connectivity index (χ1n) is 6.26. The first-order chi connectivity index (χ1) is 8.81. The van der Waals surface area contributed by atoms with E-state index in [-0.39, 0.29) is 18.9 Å². The molecule has 4 nitrogen and oxygen atoms in total. The van der Waals surface area contributed by atoms with E-state index in [2.05, 4.69) is 4.72 Å². The Balaban J connectivity index is 2.83. The summed E-state index contributed by atoms with van der Waals surface area (Å²) < 4.78 is 39.9. The highest BCUT2D eigenvalue weighted by atomic mass is 32.2. The standard InChI is InChI=1S/C13H21FN2O2S/c1-4-12(7-15)19(17,18)16-8-11-5-9(2)13(14)10(3)6-11/h5-6,12,16H,4,7-8,15H2,1-3H3. The van der Waals surface area contributed by atoms with Gasteiger partial charge in [0.25, 0.3) is 0 Å². The largest absolute Gasteiger partial charge is 0.329 e. The van der Waals surface area contributed by atoms with Crippen molar-refractivity contribution in [2.45, 2.75) is 39.0 Å². The van der Waals surface area contributed by atoms with Crippen molar-refractivity contribution in [3.63, 3.8) is 0 Å². The molecule has 0 radical (unpaired) electrons. The third-order valence-corrected chi connectivity index (χ3v) is 5.08. The van der Waals surface area contributed by atoms with Crippen LogP contribution in [0, 0.1) is 19.7 Å². The first-order valence-corrected chi connectivity index (χ1v) is 7.80. The lowest BCUT2D eigenvalue weighted by molar-refractivity contribution is 0.560. The van der Waals surface area contributed by atoms with E-state index >= 15 is 0 Å². The molecule has 6 heteroatoms. The normalized spacial score (nSPS) is 13.5. The number of hydrogen-bond donors (Lipinski definition) is 2. The molecule has 0 aromatic heterocycles. The number of halogens is 1. The van der Waals surface area contributed by atoms with Crippen molar-refractivity contribution in [2.75, 3.05) is 6.54 Å². The molecular formula is C13H21FN2O2S. The van der Waals surface area contributed by atoms with Crippen LogP contribution in [0.5, 0.6) is 0 Å². The van der Waals surface area contributed by atoms with Crippen molar-refractivity contribution in [1.29, 1.82) is 0 Å². The van der Waals surface area contributed by atoms with Crippen molar-refractivity contribution in [1.82, 2.24) is 4.72 Å². The van der Waals surface area contributed by atoms with Crippen LogP contribution in [-0.4, -0.2) is 20.2 Å². The molecule has 0 aliphatic rings. The second-order valence-corrected chi connectivity index (χ2v) is 6.72. The van der Waals surface area contributed by atoms with Crippen LogP contribution in [0.1, 0.15) is 30.0 Å². The van der Waals surface area contributed by atoms with Crippen molar-refractivity contribution >= 4 is 10.0 Å². The van der Waals surface area contributed by atoms with E-state index in [0.29, 0.717) is 17.5 Å². The van der Waals surface area contributed by atoms with Crippen molar-refractivity contribution in [3.8, 4) is 0 Å². The Hall–Kier alpha value is -0.980.